The quantitative estimate of drug-likeness (QED) is 0.181. The molecule has 0 saturated heterocycles. The zero-order chi connectivity index (χ0) is 33.3. The largest absolute Gasteiger partial charge is 0.456 e. The van der Waals surface area contributed by atoms with E-state index in [1.807, 2.05) is 54.6 Å². The summed E-state index contributed by atoms with van der Waals surface area (Å²) >= 11 is 0. The second kappa shape index (κ2) is 12.8. The fraction of sp³-hybridized carbons (Fsp3) is 0.0217. The van der Waals surface area contributed by atoms with Crippen LogP contribution in [0.2, 0.25) is 0 Å². The van der Waals surface area contributed by atoms with Crippen LogP contribution in [0.1, 0.15) is 12.2 Å². The van der Waals surface area contributed by atoms with Gasteiger partial charge in [-0.05, 0) is 76.2 Å². The number of allylic oxidation sites excluding steroid dienone is 6. The lowest BCUT2D eigenvalue weighted by Gasteiger charge is -2.14. The van der Waals surface area contributed by atoms with Crippen molar-refractivity contribution in [3.63, 3.8) is 0 Å². The highest BCUT2D eigenvalue weighted by Gasteiger charge is 2.20. The van der Waals surface area contributed by atoms with E-state index in [0.29, 0.717) is 17.5 Å². The van der Waals surface area contributed by atoms with Crippen molar-refractivity contribution in [1.82, 2.24) is 15.0 Å². The van der Waals surface area contributed by atoms with E-state index in [1.54, 1.807) is 0 Å². The Morgan fingerprint density at radius 2 is 1.00 bits per heavy atom. The Morgan fingerprint density at radius 1 is 0.440 bits per heavy atom. The molecule has 0 atom stereocenters. The average Bonchev–Trinajstić information content (AvgIpc) is 3.35. The van der Waals surface area contributed by atoms with Crippen molar-refractivity contribution in [2.75, 3.05) is 0 Å². The molecule has 0 saturated carbocycles. The van der Waals surface area contributed by atoms with Crippen LogP contribution in [0.3, 0.4) is 0 Å². The number of hydrogen-bond donors (Lipinski definition) is 0. The summed E-state index contributed by atoms with van der Waals surface area (Å²) in [4.78, 5) is 15.4. The lowest BCUT2D eigenvalue weighted by Crippen LogP contribution is -2.02. The smallest absolute Gasteiger partial charge is 0.164 e. The van der Waals surface area contributed by atoms with Gasteiger partial charge in [0.25, 0.3) is 0 Å². The molecule has 0 unspecified atom stereocenters. The van der Waals surface area contributed by atoms with Crippen molar-refractivity contribution in [3.05, 3.63) is 182 Å². The number of hydrogen-bond acceptors (Lipinski definition) is 4. The Hall–Kier alpha value is -6.65. The van der Waals surface area contributed by atoms with Crippen LogP contribution in [0.4, 0.5) is 0 Å². The third-order valence-corrected chi connectivity index (χ3v) is 9.12. The predicted molar refractivity (Wildman–Crippen MR) is 205 cm³/mol. The minimum atomic E-state index is 0.598. The second-order valence-electron chi connectivity index (χ2n) is 12.4. The fourth-order valence-corrected chi connectivity index (χ4v) is 6.67. The Kier molecular flexibility index (Phi) is 7.52. The lowest BCUT2D eigenvalue weighted by atomic mass is 9.92. The Labute approximate surface area is 290 Å². The molecule has 0 bridgehead atoms. The SMILES string of the molecule is C1=CCC=C(c2nc(-c3ccccc3)nc(-c3cc(-c4cc(-c5ccccc5)cc(-c5ccccc5)c4)cc4oc5ccccc5c34)n2)C=C1. The van der Waals surface area contributed by atoms with Crippen molar-refractivity contribution in [2.24, 2.45) is 0 Å². The van der Waals surface area contributed by atoms with Gasteiger partial charge in [-0.25, -0.2) is 15.0 Å². The maximum atomic E-state index is 6.58. The number of rotatable bonds is 6. The van der Waals surface area contributed by atoms with Gasteiger partial charge in [-0.15, -0.1) is 0 Å². The van der Waals surface area contributed by atoms with Crippen LogP contribution in [0, 0.1) is 0 Å². The number of benzene rings is 6. The minimum Gasteiger partial charge on any atom is -0.456 e. The summed E-state index contributed by atoms with van der Waals surface area (Å²) in [7, 11) is 0. The number of nitrogens with zero attached hydrogens (tertiary/aromatic N) is 3. The van der Waals surface area contributed by atoms with Gasteiger partial charge in [-0.1, -0.05) is 140 Å². The predicted octanol–water partition coefficient (Wildman–Crippen LogP) is 12.0. The molecule has 50 heavy (non-hydrogen) atoms. The van der Waals surface area contributed by atoms with E-state index < -0.39 is 0 Å². The molecule has 2 aromatic heterocycles. The second-order valence-corrected chi connectivity index (χ2v) is 12.4. The van der Waals surface area contributed by atoms with Crippen molar-refractivity contribution in [2.45, 2.75) is 6.42 Å². The molecule has 0 amide bonds. The third-order valence-electron chi connectivity index (χ3n) is 9.12. The zero-order valence-corrected chi connectivity index (χ0v) is 27.2. The molecule has 0 spiro atoms. The first-order valence-corrected chi connectivity index (χ1v) is 16.8. The highest BCUT2D eigenvalue weighted by Crippen LogP contribution is 2.41. The van der Waals surface area contributed by atoms with E-state index in [2.05, 4.69) is 121 Å². The Bertz CT molecular complexity index is 2540. The van der Waals surface area contributed by atoms with Crippen molar-refractivity contribution in [1.29, 1.82) is 0 Å². The van der Waals surface area contributed by atoms with Gasteiger partial charge in [-0.2, -0.15) is 0 Å². The molecule has 0 radical (unpaired) electrons. The molecule has 8 aromatic rings. The van der Waals surface area contributed by atoms with Gasteiger partial charge >= 0.3 is 0 Å². The van der Waals surface area contributed by atoms with Crippen molar-refractivity contribution in [3.8, 4) is 56.2 Å². The van der Waals surface area contributed by atoms with Crippen LogP contribution in [0.5, 0.6) is 0 Å². The van der Waals surface area contributed by atoms with Gasteiger partial charge in [0.15, 0.2) is 17.5 Å². The summed E-state index contributed by atoms with van der Waals surface area (Å²) in [5, 5.41) is 2.00. The minimum absolute atomic E-state index is 0.598. The summed E-state index contributed by atoms with van der Waals surface area (Å²) in [6.45, 7) is 0. The lowest BCUT2D eigenvalue weighted by molar-refractivity contribution is 0.669. The van der Waals surface area contributed by atoms with Crippen LogP contribution in [-0.4, -0.2) is 15.0 Å². The molecule has 2 heterocycles. The summed E-state index contributed by atoms with van der Waals surface area (Å²) in [6.07, 6.45) is 11.3. The standard InChI is InChI=1S/C46H31N3O/c1-2-7-21-33(20-6-1)44-47-45(34-22-12-5-13-23-34)49-46(48-44)40-29-38(30-42-43(40)39-24-14-15-25-41(39)50-42)37-27-35(31-16-8-3-9-17-31)26-36(28-37)32-18-10-4-11-19-32/h1-6,8-30H,7H2. The third kappa shape index (κ3) is 5.63. The molecule has 0 N–H and O–H groups in total. The molecule has 4 nitrogen and oxygen atoms in total. The van der Waals surface area contributed by atoms with Crippen molar-refractivity contribution < 1.29 is 4.42 Å². The van der Waals surface area contributed by atoms with Gasteiger partial charge < -0.3 is 4.42 Å². The first-order chi connectivity index (χ1) is 24.8. The van der Waals surface area contributed by atoms with Gasteiger partial charge in [-0.3, -0.25) is 0 Å². The normalized spacial score (nSPS) is 12.7. The number of fused-ring (bicyclic) bond motifs is 3. The number of para-hydroxylation sites is 1. The molecular formula is C46H31N3O. The van der Waals surface area contributed by atoms with E-state index in [1.165, 1.54) is 0 Å². The summed E-state index contributed by atoms with van der Waals surface area (Å²) < 4.78 is 6.58. The van der Waals surface area contributed by atoms with Crippen LogP contribution in [0.25, 0.3) is 83.7 Å². The molecule has 0 fully saturated rings. The van der Waals surface area contributed by atoms with E-state index in [-0.39, 0.29) is 0 Å². The topological polar surface area (TPSA) is 51.8 Å². The molecule has 6 aromatic carbocycles. The van der Waals surface area contributed by atoms with Gasteiger partial charge in [0.2, 0.25) is 0 Å². The van der Waals surface area contributed by atoms with E-state index >= 15 is 0 Å². The fourth-order valence-electron chi connectivity index (χ4n) is 6.67. The van der Waals surface area contributed by atoms with Crippen molar-refractivity contribution >= 4 is 27.5 Å². The van der Waals surface area contributed by atoms with Gasteiger partial charge in [0.05, 0.1) is 0 Å². The summed E-state index contributed by atoms with van der Waals surface area (Å²) in [5.41, 5.74) is 11.1. The average molecular weight is 642 g/mol. The van der Waals surface area contributed by atoms with Gasteiger partial charge in [0, 0.05) is 27.5 Å². The van der Waals surface area contributed by atoms with Crippen LogP contribution < -0.4 is 0 Å². The molecule has 236 valence electrons. The monoisotopic (exact) mass is 641 g/mol. The zero-order valence-electron chi connectivity index (χ0n) is 27.2. The maximum Gasteiger partial charge on any atom is 0.164 e. The Morgan fingerprint density at radius 3 is 1.70 bits per heavy atom. The first-order valence-electron chi connectivity index (χ1n) is 16.8. The molecule has 9 rings (SSSR count). The highest BCUT2D eigenvalue weighted by atomic mass is 16.3. The molecular weight excluding hydrogens is 611 g/mol. The highest BCUT2D eigenvalue weighted by molar-refractivity contribution is 6.13. The molecule has 0 aliphatic heterocycles. The van der Waals surface area contributed by atoms with Crippen LogP contribution in [0.15, 0.2) is 180 Å². The summed E-state index contributed by atoms with van der Waals surface area (Å²) in [5.74, 6) is 1.86. The number of aromatic nitrogens is 3. The van der Waals surface area contributed by atoms with E-state index in [9.17, 15) is 0 Å². The van der Waals surface area contributed by atoms with Crippen LogP contribution >= 0.6 is 0 Å². The maximum absolute atomic E-state index is 6.58. The Balaban J connectivity index is 1.32. The summed E-state index contributed by atoms with van der Waals surface area (Å²) in [6, 6.07) is 50.5. The van der Waals surface area contributed by atoms with Gasteiger partial charge in [0.1, 0.15) is 11.2 Å². The van der Waals surface area contributed by atoms with E-state index in [0.717, 1.165) is 78.4 Å². The van der Waals surface area contributed by atoms with E-state index in [4.69, 9.17) is 19.4 Å². The number of furan rings is 1. The molecule has 1 aliphatic carbocycles. The molecule has 1 aliphatic rings. The van der Waals surface area contributed by atoms with Crippen LogP contribution in [-0.2, 0) is 0 Å². The molecule has 4 heteroatoms. The first kappa shape index (κ1) is 29.5.